The Morgan fingerprint density at radius 2 is 2.45 bits per heavy atom. The van der Waals surface area contributed by atoms with E-state index in [0.717, 1.165) is 17.6 Å². The van der Waals surface area contributed by atoms with Crippen LogP contribution in [0.4, 0.5) is 5.82 Å². The van der Waals surface area contributed by atoms with Crippen LogP contribution in [0.2, 0.25) is 0 Å². The number of rotatable bonds is 2. The zero-order valence-corrected chi connectivity index (χ0v) is 6.67. The monoisotopic (exact) mass is 148 g/mol. The van der Waals surface area contributed by atoms with Gasteiger partial charge in [-0.15, -0.1) is 0 Å². The summed E-state index contributed by atoms with van der Waals surface area (Å²) in [6.07, 6.45) is 2.51. The number of aromatic nitrogens is 1. The molecule has 1 aromatic rings. The summed E-state index contributed by atoms with van der Waals surface area (Å²) in [4.78, 5) is 3.97. The van der Waals surface area contributed by atoms with Crippen molar-refractivity contribution in [1.29, 1.82) is 0 Å². The topological polar surface area (TPSA) is 38.9 Å². The third kappa shape index (κ3) is 2.08. The van der Waals surface area contributed by atoms with Crippen LogP contribution >= 0.6 is 0 Å². The lowest BCUT2D eigenvalue weighted by molar-refractivity contribution is 1.13. The first-order chi connectivity index (χ1) is 5.20. The van der Waals surface area contributed by atoms with E-state index < -0.39 is 0 Å². The van der Waals surface area contributed by atoms with Gasteiger partial charge in [0.05, 0.1) is 0 Å². The van der Waals surface area contributed by atoms with Crippen LogP contribution < -0.4 is 5.73 Å². The number of nitrogen functional groups attached to an aromatic ring is 1. The second kappa shape index (κ2) is 3.19. The van der Waals surface area contributed by atoms with E-state index in [1.807, 2.05) is 19.1 Å². The van der Waals surface area contributed by atoms with Crippen molar-refractivity contribution < 1.29 is 0 Å². The summed E-state index contributed by atoms with van der Waals surface area (Å²) in [5.41, 5.74) is 7.77. The molecular formula is C9H12N2. The van der Waals surface area contributed by atoms with Gasteiger partial charge in [-0.05, 0) is 25.0 Å². The van der Waals surface area contributed by atoms with Gasteiger partial charge in [0.1, 0.15) is 5.82 Å². The highest BCUT2D eigenvalue weighted by molar-refractivity contribution is 5.40. The zero-order valence-electron chi connectivity index (χ0n) is 6.67. The van der Waals surface area contributed by atoms with E-state index in [-0.39, 0.29) is 0 Å². The minimum atomic E-state index is 0.607. The van der Waals surface area contributed by atoms with E-state index in [2.05, 4.69) is 11.6 Å². The molecular weight excluding hydrogens is 136 g/mol. The maximum Gasteiger partial charge on any atom is 0.126 e. The molecule has 0 saturated heterocycles. The fourth-order valence-corrected chi connectivity index (χ4v) is 0.925. The quantitative estimate of drug-likeness (QED) is 0.649. The molecule has 0 amide bonds. The average Bonchev–Trinajstić information content (AvgIpc) is 1.93. The third-order valence-corrected chi connectivity index (χ3v) is 1.42. The highest BCUT2D eigenvalue weighted by Gasteiger charge is 1.97. The van der Waals surface area contributed by atoms with Crippen LogP contribution in [-0.2, 0) is 6.42 Å². The average molecular weight is 148 g/mol. The highest BCUT2D eigenvalue weighted by atomic mass is 14.8. The van der Waals surface area contributed by atoms with Crippen molar-refractivity contribution in [2.24, 2.45) is 0 Å². The number of pyridine rings is 1. The van der Waals surface area contributed by atoms with Gasteiger partial charge in [-0.25, -0.2) is 4.98 Å². The lowest BCUT2D eigenvalue weighted by atomic mass is 10.1. The molecule has 1 heterocycles. The van der Waals surface area contributed by atoms with E-state index in [9.17, 15) is 0 Å². The van der Waals surface area contributed by atoms with Crippen LogP contribution in [0.5, 0.6) is 0 Å². The Kier molecular flexibility index (Phi) is 2.26. The molecule has 0 saturated carbocycles. The lowest BCUT2D eigenvalue weighted by Crippen LogP contribution is -1.96. The number of nitrogens with two attached hydrogens (primary N) is 1. The van der Waals surface area contributed by atoms with E-state index in [4.69, 9.17) is 5.73 Å². The van der Waals surface area contributed by atoms with Crippen molar-refractivity contribution in [3.8, 4) is 0 Å². The molecule has 0 aromatic carbocycles. The molecule has 0 fully saturated rings. The van der Waals surface area contributed by atoms with Gasteiger partial charge in [0.25, 0.3) is 0 Å². The Labute approximate surface area is 66.8 Å². The summed E-state index contributed by atoms with van der Waals surface area (Å²) in [5.74, 6) is 0.607. The molecule has 2 N–H and O–H groups in total. The molecule has 0 aliphatic rings. The van der Waals surface area contributed by atoms with Gasteiger partial charge in [-0.2, -0.15) is 0 Å². The smallest absolute Gasteiger partial charge is 0.126 e. The SMILES string of the molecule is C=C(C)Cc1cccnc1N. The van der Waals surface area contributed by atoms with Crippen LogP contribution in [0.25, 0.3) is 0 Å². The van der Waals surface area contributed by atoms with Gasteiger partial charge in [0.15, 0.2) is 0 Å². The van der Waals surface area contributed by atoms with Crippen molar-refractivity contribution in [2.75, 3.05) is 5.73 Å². The summed E-state index contributed by atoms with van der Waals surface area (Å²) in [7, 11) is 0. The summed E-state index contributed by atoms with van der Waals surface area (Å²) in [5, 5.41) is 0. The van der Waals surface area contributed by atoms with Crippen LogP contribution in [0.3, 0.4) is 0 Å². The highest BCUT2D eigenvalue weighted by Crippen LogP contribution is 2.10. The van der Waals surface area contributed by atoms with Crippen molar-refractivity contribution in [1.82, 2.24) is 4.98 Å². The Balaban J connectivity index is 2.86. The summed E-state index contributed by atoms with van der Waals surface area (Å²) >= 11 is 0. The van der Waals surface area contributed by atoms with Crippen LogP contribution in [0.1, 0.15) is 12.5 Å². The number of hydrogen-bond donors (Lipinski definition) is 1. The van der Waals surface area contributed by atoms with Crippen molar-refractivity contribution >= 4 is 5.82 Å². The molecule has 0 spiro atoms. The Hall–Kier alpha value is -1.31. The molecule has 58 valence electrons. The minimum absolute atomic E-state index is 0.607. The minimum Gasteiger partial charge on any atom is -0.383 e. The van der Waals surface area contributed by atoms with Gasteiger partial charge in [-0.1, -0.05) is 18.2 Å². The first kappa shape index (κ1) is 7.79. The van der Waals surface area contributed by atoms with Crippen LogP contribution in [0, 0.1) is 0 Å². The normalized spacial score (nSPS) is 9.55. The molecule has 11 heavy (non-hydrogen) atoms. The molecule has 0 bridgehead atoms. The Morgan fingerprint density at radius 3 is 3.00 bits per heavy atom. The fourth-order valence-electron chi connectivity index (χ4n) is 0.925. The molecule has 0 unspecified atom stereocenters. The first-order valence-corrected chi connectivity index (χ1v) is 3.54. The van der Waals surface area contributed by atoms with E-state index >= 15 is 0 Å². The van der Waals surface area contributed by atoms with Crippen molar-refractivity contribution in [3.05, 3.63) is 36.0 Å². The summed E-state index contributed by atoms with van der Waals surface area (Å²) in [6.45, 7) is 5.79. The van der Waals surface area contributed by atoms with E-state index in [0.29, 0.717) is 5.82 Å². The second-order valence-corrected chi connectivity index (χ2v) is 2.68. The maximum atomic E-state index is 5.62. The lowest BCUT2D eigenvalue weighted by Gasteiger charge is -2.02. The van der Waals surface area contributed by atoms with Crippen LogP contribution in [-0.4, -0.2) is 4.98 Å². The molecule has 1 rings (SSSR count). The predicted octanol–water partition coefficient (Wildman–Crippen LogP) is 1.78. The van der Waals surface area contributed by atoms with Gasteiger partial charge in [-0.3, -0.25) is 0 Å². The summed E-state index contributed by atoms with van der Waals surface area (Å²) < 4.78 is 0. The molecule has 0 atom stereocenters. The predicted molar refractivity (Wildman–Crippen MR) is 47.2 cm³/mol. The molecule has 1 aromatic heterocycles. The number of allylic oxidation sites excluding steroid dienone is 1. The van der Waals surface area contributed by atoms with E-state index in [1.165, 1.54) is 0 Å². The molecule has 0 aliphatic carbocycles. The van der Waals surface area contributed by atoms with Crippen molar-refractivity contribution in [2.45, 2.75) is 13.3 Å². The summed E-state index contributed by atoms with van der Waals surface area (Å²) in [6, 6.07) is 3.85. The fraction of sp³-hybridized carbons (Fsp3) is 0.222. The zero-order chi connectivity index (χ0) is 8.27. The number of hydrogen-bond acceptors (Lipinski definition) is 2. The maximum absolute atomic E-state index is 5.62. The molecule has 0 radical (unpaired) electrons. The standard InChI is InChI=1S/C9H12N2/c1-7(2)6-8-4-3-5-11-9(8)10/h3-5H,1,6H2,2H3,(H2,10,11). The van der Waals surface area contributed by atoms with Crippen molar-refractivity contribution in [3.63, 3.8) is 0 Å². The van der Waals surface area contributed by atoms with Gasteiger partial charge in [0.2, 0.25) is 0 Å². The first-order valence-electron chi connectivity index (χ1n) is 3.54. The van der Waals surface area contributed by atoms with Crippen LogP contribution in [0.15, 0.2) is 30.5 Å². The molecule has 2 heteroatoms. The Morgan fingerprint density at radius 1 is 1.73 bits per heavy atom. The Bertz CT molecular complexity index is 266. The molecule has 0 aliphatic heterocycles. The van der Waals surface area contributed by atoms with Gasteiger partial charge >= 0.3 is 0 Å². The second-order valence-electron chi connectivity index (χ2n) is 2.68. The van der Waals surface area contributed by atoms with E-state index in [1.54, 1.807) is 6.20 Å². The number of nitrogens with zero attached hydrogens (tertiary/aromatic N) is 1. The number of anilines is 1. The molecule has 2 nitrogen and oxygen atoms in total. The largest absolute Gasteiger partial charge is 0.383 e. The van der Waals surface area contributed by atoms with Gasteiger partial charge in [0, 0.05) is 6.20 Å². The third-order valence-electron chi connectivity index (χ3n) is 1.42. The van der Waals surface area contributed by atoms with Gasteiger partial charge < -0.3 is 5.73 Å².